The second-order valence-corrected chi connectivity index (χ2v) is 12.9. The lowest BCUT2D eigenvalue weighted by atomic mass is 9.90. The van der Waals surface area contributed by atoms with E-state index in [2.05, 4.69) is 42.8 Å². The maximum absolute atomic E-state index is 13.8. The van der Waals surface area contributed by atoms with E-state index in [1.807, 2.05) is 38.2 Å². The Morgan fingerprint density at radius 1 is 1.15 bits per heavy atom. The van der Waals surface area contributed by atoms with Gasteiger partial charge in [-0.25, -0.2) is 9.78 Å². The summed E-state index contributed by atoms with van der Waals surface area (Å²) in [7, 11) is 4.03. The Bertz CT molecular complexity index is 1190. The molecule has 2 saturated heterocycles. The Kier molecular flexibility index (Phi) is 11.1. The average molecular weight is 703 g/mol. The van der Waals surface area contributed by atoms with Crippen LogP contribution >= 0.6 is 45.8 Å². The Hall–Kier alpha value is -1.89. The van der Waals surface area contributed by atoms with Crippen molar-refractivity contribution < 1.29 is 14.3 Å². The summed E-state index contributed by atoms with van der Waals surface area (Å²) in [4.78, 5) is 41.5. The minimum atomic E-state index is -0.725. The molecule has 3 heterocycles. The molecule has 1 N–H and O–H groups in total. The van der Waals surface area contributed by atoms with Crippen LogP contribution in [0.3, 0.4) is 0 Å². The van der Waals surface area contributed by atoms with E-state index in [-0.39, 0.29) is 21.9 Å². The van der Waals surface area contributed by atoms with Crippen LogP contribution in [0.25, 0.3) is 0 Å². The highest BCUT2D eigenvalue weighted by Gasteiger charge is 2.33. The van der Waals surface area contributed by atoms with Crippen LogP contribution in [0.4, 0.5) is 4.79 Å². The fourth-order valence-electron chi connectivity index (χ4n) is 5.05. The molecule has 9 nitrogen and oxygen atoms in total. The number of aryl methyl sites for hydroxylation is 1. The minimum Gasteiger partial charge on any atom is -0.475 e. The first-order chi connectivity index (χ1) is 19.1. The SMILES string of the molecule is Cc1ncc(C2CCN(C(=O)[C@@H](Cc3ccc(Cl)cc3Cl)NC(=O)N3CCCC3)CC2)c(OC[C@@H](I)N(C)C)n1. The smallest absolute Gasteiger partial charge is 0.318 e. The summed E-state index contributed by atoms with van der Waals surface area (Å²) in [6, 6.07) is 4.29. The largest absolute Gasteiger partial charge is 0.475 e. The van der Waals surface area contributed by atoms with E-state index in [0.29, 0.717) is 61.0 Å². The Balaban J connectivity index is 1.45. The molecule has 0 unspecified atom stereocenters. The number of benzene rings is 1. The van der Waals surface area contributed by atoms with Gasteiger partial charge in [0.2, 0.25) is 11.8 Å². The van der Waals surface area contributed by atoms with Crippen LogP contribution in [0.1, 0.15) is 48.6 Å². The van der Waals surface area contributed by atoms with Gasteiger partial charge in [0.1, 0.15) is 18.5 Å². The molecule has 2 fully saturated rings. The molecule has 2 aliphatic heterocycles. The van der Waals surface area contributed by atoms with Gasteiger partial charge in [-0.2, -0.15) is 4.98 Å². The summed E-state index contributed by atoms with van der Waals surface area (Å²) in [5.74, 6) is 1.36. The van der Waals surface area contributed by atoms with E-state index in [0.717, 1.165) is 36.8 Å². The van der Waals surface area contributed by atoms with E-state index in [9.17, 15) is 9.59 Å². The lowest BCUT2D eigenvalue weighted by molar-refractivity contribution is -0.134. The molecule has 0 radical (unpaired) electrons. The molecule has 2 aromatic rings. The number of amides is 3. The number of aromatic nitrogens is 2. The predicted octanol–water partition coefficient (Wildman–Crippen LogP) is 4.92. The van der Waals surface area contributed by atoms with Gasteiger partial charge in [0.15, 0.2) is 0 Å². The molecule has 40 heavy (non-hydrogen) atoms. The van der Waals surface area contributed by atoms with Gasteiger partial charge < -0.3 is 19.9 Å². The molecule has 12 heteroatoms. The topological polar surface area (TPSA) is 90.9 Å². The van der Waals surface area contributed by atoms with E-state index < -0.39 is 6.04 Å². The van der Waals surface area contributed by atoms with Crippen molar-refractivity contribution >= 4 is 57.7 Å². The van der Waals surface area contributed by atoms with Gasteiger partial charge >= 0.3 is 6.03 Å². The number of hydrogen-bond donors (Lipinski definition) is 1. The first kappa shape index (κ1) is 31.1. The summed E-state index contributed by atoms with van der Waals surface area (Å²) >= 11 is 14.9. The highest BCUT2D eigenvalue weighted by Crippen LogP contribution is 2.33. The van der Waals surface area contributed by atoms with Gasteiger partial charge in [-0.15, -0.1) is 0 Å². The fraction of sp³-hybridized carbons (Fsp3) is 0.571. The highest BCUT2D eigenvalue weighted by atomic mass is 127. The molecule has 1 aromatic carbocycles. The normalized spacial score (nSPS) is 17.7. The molecule has 218 valence electrons. The Morgan fingerprint density at radius 2 is 1.85 bits per heavy atom. The second kappa shape index (κ2) is 14.3. The molecule has 0 spiro atoms. The molecular weight excluding hydrogens is 666 g/mol. The van der Waals surface area contributed by atoms with E-state index in [1.165, 1.54) is 0 Å². The number of likely N-dealkylation sites (tertiary alicyclic amines) is 2. The number of hydrogen-bond acceptors (Lipinski definition) is 6. The van der Waals surface area contributed by atoms with Crippen molar-refractivity contribution in [1.82, 2.24) is 30.0 Å². The third-order valence-electron chi connectivity index (χ3n) is 7.49. The number of nitrogens with zero attached hydrogens (tertiary/aromatic N) is 5. The van der Waals surface area contributed by atoms with Gasteiger partial charge in [0, 0.05) is 54.4 Å². The number of likely N-dealkylation sites (N-methyl/N-ethyl adjacent to an activating group) is 1. The van der Waals surface area contributed by atoms with Crippen molar-refractivity contribution in [2.75, 3.05) is 46.9 Å². The van der Waals surface area contributed by atoms with Crippen LogP contribution in [0, 0.1) is 6.92 Å². The number of urea groups is 1. The number of carbonyl (C=O) groups is 2. The first-order valence-corrected chi connectivity index (χ1v) is 15.7. The summed E-state index contributed by atoms with van der Waals surface area (Å²) in [5.41, 5.74) is 1.75. The van der Waals surface area contributed by atoms with E-state index in [4.69, 9.17) is 27.9 Å². The molecule has 2 atom stereocenters. The lowest BCUT2D eigenvalue weighted by Gasteiger charge is -2.35. The molecule has 0 saturated carbocycles. The molecule has 3 amide bonds. The monoisotopic (exact) mass is 702 g/mol. The molecular formula is C28H37Cl2IN6O3. The summed E-state index contributed by atoms with van der Waals surface area (Å²) in [5, 5.41) is 4.01. The van der Waals surface area contributed by atoms with Crippen LogP contribution in [-0.4, -0.2) is 93.6 Å². The van der Waals surface area contributed by atoms with Crippen molar-refractivity contribution in [1.29, 1.82) is 0 Å². The van der Waals surface area contributed by atoms with Gasteiger partial charge in [-0.1, -0.05) is 51.9 Å². The predicted molar refractivity (Wildman–Crippen MR) is 166 cm³/mol. The number of carbonyl (C=O) groups excluding carboxylic acids is 2. The number of ether oxygens (including phenoxy) is 1. The number of piperidine rings is 1. The van der Waals surface area contributed by atoms with Crippen molar-refractivity contribution in [3.05, 3.63) is 51.4 Å². The molecule has 0 aliphatic carbocycles. The van der Waals surface area contributed by atoms with E-state index in [1.54, 1.807) is 17.0 Å². The van der Waals surface area contributed by atoms with Gasteiger partial charge in [-0.3, -0.25) is 9.69 Å². The van der Waals surface area contributed by atoms with Crippen LogP contribution in [0.15, 0.2) is 24.4 Å². The lowest BCUT2D eigenvalue weighted by Crippen LogP contribution is -2.54. The van der Waals surface area contributed by atoms with Gasteiger partial charge in [0.05, 0.1) is 4.05 Å². The van der Waals surface area contributed by atoms with Gasteiger partial charge in [0.25, 0.3) is 0 Å². The fourth-order valence-corrected chi connectivity index (χ4v) is 5.72. The number of alkyl halides is 1. The molecule has 2 aliphatic rings. The highest BCUT2D eigenvalue weighted by molar-refractivity contribution is 14.1. The number of rotatable bonds is 9. The summed E-state index contributed by atoms with van der Waals surface area (Å²) in [6.07, 6.45) is 5.62. The van der Waals surface area contributed by atoms with Crippen molar-refractivity contribution in [3.8, 4) is 5.88 Å². The van der Waals surface area contributed by atoms with Crippen molar-refractivity contribution in [2.24, 2.45) is 0 Å². The minimum absolute atomic E-state index is 0.104. The zero-order valence-electron chi connectivity index (χ0n) is 23.2. The van der Waals surface area contributed by atoms with Crippen LogP contribution in [0.2, 0.25) is 10.0 Å². The van der Waals surface area contributed by atoms with Crippen LogP contribution in [-0.2, 0) is 11.2 Å². The van der Waals surface area contributed by atoms with Crippen molar-refractivity contribution in [3.63, 3.8) is 0 Å². The molecule has 1 aromatic heterocycles. The standard InChI is InChI=1S/C28H37Cl2IN6O3/c1-18-32-16-22(26(33-18)40-17-25(31)35(2)3)19-8-12-36(13-9-19)27(38)24(34-28(39)37-10-4-5-11-37)14-20-6-7-21(29)15-23(20)30/h6-7,15-16,19,24-25H,4-5,8-14,17H2,1-3H3,(H,34,39)/t24-,25+/m1/s1. The molecule has 0 bridgehead atoms. The third kappa shape index (κ3) is 8.10. The molecule has 4 rings (SSSR count). The maximum atomic E-state index is 13.8. The van der Waals surface area contributed by atoms with Gasteiger partial charge in [-0.05, 0) is 70.3 Å². The van der Waals surface area contributed by atoms with Crippen LogP contribution < -0.4 is 10.1 Å². The average Bonchev–Trinajstić information content (AvgIpc) is 3.48. The quantitative estimate of drug-likeness (QED) is 0.227. The summed E-state index contributed by atoms with van der Waals surface area (Å²) < 4.78 is 6.34. The zero-order chi connectivity index (χ0) is 28.8. The van der Waals surface area contributed by atoms with E-state index >= 15 is 0 Å². The first-order valence-electron chi connectivity index (χ1n) is 13.7. The van der Waals surface area contributed by atoms with Crippen LogP contribution in [0.5, 0.6) is 5.88 Å². The van der Waals surface area contributed by atoms with Crippen molar-refractivity contribution in [2.45, 2.75) is 55.0 Å². The zero-order valence-corrected chi connectivity index (χ0v) is 26.9. The second-order valence-electron chi connectivity index (χ2n) is 10.6. The number of halogens is 3. The summed E-state index contributed by atoms with van der Waals surface area (Å²) in [6.45, 7) is 4.90. The Labute approximate surface area is 260 Å². The maximum Gasteiger partial charge on any atom is 0.318 e. The number of nitrogens with one attached hydrogen (secondary N) is 1. The Morgan fingerprint density at radius 3 is 2.50 bits per heavy atom. The third-order valence-corrected chi connectivity index (χ3v) is 9.55.